The lowest BCUT2D eigenvalue weighted by atomic mass is 10.0. The Balaban J connectivity index is 1.48. The third-order valence-electron chi connectivity index (χ3n) is 5.41. The van der Waals surface area contributed by atoms with E-state index in [1.807, 2.05) is 0 Å². The van der Waals surface area contributed by atoms with E-state index in [0.29, 0.717) is 16.6 Å². The fourth-order valence-corrected chi connectivity index (χ4v) is 3.77. The monoisotopic (exact) mass is 507 g/mol. The van der Waals surface area contributed by atoms with E-state index in [0.717, 1.165) is 12.1 Å². The summed E-state index contributed by atoms with van der Waals surface area (Å²) in [6.07, 6.45) is -4.85. The van der Waals surface area contributed by atoms with Crippen molar-refractivity contribution in [3.63, 3.8) is 0 Å². The van der Waals surface area contributed by atoms with Crippen LogP contribution >= 0.6 is 0 Å². The van der Waals surface area contributed by atoms with Crippen molar-refractivity contribution in [2.24, 2.45) is 0 Å². The van der Waals surface area contributed by atoms with E-state index in [1.54, 1.807) is 22.8 Å². The molecule has 1 aliphatic heterocycles. The van der Waals surface area contributed by atoms with Crippen LogP contribution < -0.4 is 15.4 Å². The van der Waals surface area contributed by atoms with Crippen molar-refractivity contribution in [3.8, 4) is 5.75 Å². The lowest BCUT2D eigenvalue weighted by molar-refractivity contribution is -0.274. The number of anilines is 2. The number of fused-ring (bicyclic) bond motifs is 2. The zero-order valence-electron chi connectivity index (χ0n) is 18.5. The number of carbonyl (C=O) groups is 1. The maximum Gasteiger partial charge on any atom is 0.573 e. The number of rotatable bonds is 8. The van der Waals surface area contributed by atoms with Crippen LogP contribution in [0.4, 0.5) is 25.1 Å². The van der Waals surface area contributed by atoms with E-state index < -0.39 is 23.6 Å². The maximum absolute atomic E-state index is 12.5. The van der Waals surface area contributed by atoms with Crippen LogP contribution in [-0.4, -0.2) is 69.0 Å². The van der Waals surface area contributed by atoms with Gasteiger partial charge >= 0.3 is 12.4 Å². The average Bonchev–Trinajstić information content (AvgIpc) is 3.35. The maximum atomic E-state index is 12.5. The van der Waals surface area contributed by atoms with E-state index in [-0.39, 0.29) is 56.0 Å². The van der Waals surface area contributed by atoms with Crippen LogP contribution in [0.15, 0.2) is 40.8 Å². The van der Waals surface area contributed by atoms with Crippen molar-refractivity contribution in [3.05, 3.63) is 42.0 Å². The minimum atomic E-state index is -4.85. The average molecular weight is 507 g/mol. The number of hydrogen-bond acceptors (Lipinski definition) is 9. The highest BCUT2D eigenvalue weighted by Crippen LogP contribution is 2.31. The van der Waals surface area contributed by atoms with Gasteiger partial charge in [0.2, 0.25) is 5.95 Å². The Labute approximate surface area is 200 Å². The summed E-state index contributed by atoms with van der Waals surface area (Å²) in [4.78, 5) is 21.0. The van der Waals surface area contributed by atoms with Crippen LogP contribution in [-0.2, 0) is 11.3 Å². The van der Waals surface area contributed by atoms with Crippen molar-refractivity contribution < 1.29 is 42.1 Å². The molecule has 4 N–H and O–H groups in total. The largest absolute Gasteiger partial charge is 0.573 e. The van der Waals surface area contributed by atoms with Gasteiger partial charge in [0.05, 0.1) is 37.4 Å². The highest BCUT2D eigenvalue weighted by molar-refractivity contribution is 5.97. The summed E-state index contributed by atoms with van der Waals surface area (Å²) < 4.78 is 53.9. The van der Waals surface area contributed by atoms with Gasteiger partial charge in [-0.2, -0.15) is 4.98 Å². The molecule has 0 atom stereocenters. The minimum Gasteiger partial charge on any atom is -0.423 e. The summed E-state index contributed by atoms with van der Waals surface area (Å²) in [6, 6.07) is 8.25. The summed E-state index contributed by atoms with van der Waals surface area (Å²) in [5.74, 6) is -0.627. The molecule has 0 spiro atoms. The Bertz CT molecular complexity index is 1430. The Morgan fingerprint density at radius 2 is 1.97 bits per heavy atom. The van der Waals surface area contributed by atoms with Crippen molar-refractivity contribution in [1.82, 2.24) is 19.9 Å². The molecule has 11 nitrogen and oxygen atoms in total. The lowest BCUT2D eigenvalue weighted by Crippen LogP contribution is -2.52. The Hall–Kier alpha value is -3.88. The topological polar surface area (TPSA) is 144 Å². The predicted octanol–water partition coefficient (Wildman–Crippen LogP) is 2.30. The smallest absolute Gasteiger partial charge is 0.423 e. The Kier molecular flexibility index (Phi) is 5.94. The van der Waals surface area contributed by atoms with Gasteiger partial charge in [0.25, 0.3) is 5.91 Å². The molecule has 2 aromatic heterocycles. The molecule has 5 rings (SSSR count). The molecule has 0 aliphatic carbocycles. The molecule has 36 heavy (non-hydrogen) atoms. The zero-order valence-corrected chi connectivity index (χ0v) is 18.5. The van der Waals surface area contributed by atoms with Crippen molar-refractivity contribution in [1.29, 1.82) is 0 Å². The molecule has 0 saturated carbocycles. The first-order chi connectivity index (χ1) is 17.1. The van der Waals surface area contributed by atoms with E-state index in [2.05, 4.69) is 25.3 Å². The van der Waals surface area contributed by atoms with Gasteiger partial charge in [0.1, 0.15) is 16.9 Å². The van der Waals surface area contributed by atoms with Gasteiger partial charge < -0.3 is 34.0 Å². The highest BCUT2D eigenvalue weighted by atomic mass is 19.4. The standard InChI is InChI=1S/C22H20F3N5O6/c23-22(24,25)36-13-2-3-14-17(8-13)35-20(28-14)29-19-27-15-7-12(18(32)26-5-6-31)1-4-16(15)30(19)9-21(33)10-34-11-21/h1-4,7-8,31,33H,5-6,9-11H2,(H,26,32)(H,27,28,29). The molecule has 0 radical (unpaired) electrons. The van der Waals surface area contributed by atoms with Crippen molar-refractivity contribution >= 4 is 40.0 Å². The molecule has 0 unspecified atom stereocenters. The molecular formula is C22H20F3N5O6. The molecule has 1 amide bonds. The predicted molar refractivity (Wildman–Crippen MR) is 119 cm³/mol. The SMILES string of the molecule is O=C(NCCO)c1ccc2c(c1)nc(Nc1nc3ccc(OC(F)(F)F)cc3o1)n2CC1(O)COC1. The van der Waals surface area contributed by atoms with E-state index in [1.165, 1.54) is 6.07 Å². The number of nitrogens with zero attached hydrogens (tertiary/aromatic N) is 3. The van der Waals surface area contributed by atoms with E-state index in [9.17, 15) is 23.1 Å². The molecule has 3 heterocycles. The van der Waals surface area contributed by atoms with E-state index in [4.69, 9.17) is 14.3 Å². The second-order valence-corrected chi connectivity index (χ2v) is 8.24. The summed E-state index contributed by atoms with van der Waals surface area (Å²) in [7, 11) is 0. The van der Waals surface area contributed by atoms with Crippen LogP contribution in [0, 0.1) is 0 Å². The molecule has 1 fully saturated rings. The number of amides is 1. The highest BCUT2D eigenvalue weighted by Gasteiger charge is 2.38. The number of aliphatic hydroxyl groups is 2. The van der Waals surface area contributed by atoms with Crippen molar-refractivity contribution in [2.75, 3.05) is 31.7 Å². The Morgan fingerprint density at radius 3 is 2.67 bits per heavy atom. The van der Waals surface area contributed by atoms with Gasteiger partial charge in [0.15, 0.2) is 5.58 Å². The van der Waals surface area contributed by atoms with Gasteiger partial charge in [-0.25, -0.2) is 4.98 Å². The Morgan fingerprint density at radius 1 is 1.17 bits per heavy atom. The van der Waals surface area contributed by atoms with Crippen molar-refractivity contribution in [2.45, 2.75) is 18.5 Å². The number of oxazole rings is 1. The summed E-state index contributed by atoms with van der Waals surface area (Å²) in [5.41, 5.74) is 0.534. The quantitative estimate of drug-likeness (QED) is 0.282. The number of ether oxygens (including phenoxy) is 2. The molecule has 190 valence electrons. The fraction of sp³-hybridized carbons (Fsp3) is 0.318. The summed E-state index contributed by atoms with van der Waals surface area (Å²) in [6.45, 7) is 0.243. The van der Waals surface area contributed by atoms with Gasteiger partial charge in [0, 0.05) is 18.2 Å². The third-order valence-corrected chi connectivity index (χ3v) is 5.41. The van der Waals surface area contributed by atoms with Gasteiger partial charge in [-0.3, -0.25) is 10.1 Å². The van der Waals surface area contributed by atoms with E-state index >= 15 is 0 Å². The first-order valence-corrected chi connectivity index (χ1v) is 10.8. The number of aromatic nitrogens is 3. The third kappa shape index (κ3) is 4.91. The second kappa shape index (κ2) is 8.96. The van der Waals surface area contributed by atoms with Crippen LogP contribution in [0.1, 0.15) is 10.4 Å². The number of hydrogen-bond donors (Lipinski definition) is 4. The van der Waals surface area contributed by atoms with Gasteiger partial charge in [-0.1, -0.05) is 0 Å². The molecule has 1 saturated heterocycles. The number of carbonyl (C=O) groups excluding carboxylic acids is 1. The number of benzene rings is 2. The fourth-order valence-electron chi connectivity index (χ4n) is 3.77. The summed E-state index contributed by atoms with van der Waals surface area (Å²) in [5, 5.41) is 25.1. The minimum absolute atomic E-state index is 0.0516. The van der Waals surface area contributed by atoms with Gasteiger partial charge in [-0.15, -0.1) is 13.2 Å². The number of imidazole rings is 1. The first-order valence-electron chi connectivity index (χ1n) is 10.8. The molecule has 14 heteroatoms. The zero-order chi connectivity index (χ0) is 25.5. The number of aliphatic hydroxyl groups excluding tert-OH is 1. The molecule has 2 aromatic carbocycles. The molecular weight excluding hydrogens is 487 g/mol. The number of nitrogens with one attached hydrogen (secondary N) is 2. The number of alkyl halides is 3. The molecule has 0 bridgehead atoms. The first kappa shape index (κ1) is 23.8. The second-order valence-electron chi connectivity index (χ2n) is 8.24. The van der Waals surface area contributed by atoms with Crippen LogP contribution in [0.2, 0.25) is 0 Å². The normalized spacial score (nSPS) is 15.1. The molecule has 1 aliphatic rings. The van der Waals surface area contributed by atoms with Crippen LogP contribution in [0.5, 0.6) is 5.75 Å². The lowest BCUT2D eigenvalue weighted by Gasteiger charge is -2.36. The number of halogens is 3. The van der Waals surface area contributed by atoms with Crippen LogP contribution in [0.3, 0.4) is 0 Å². The molecule has 4 aromatic rings. The van der Waals surface area contributed by atoms with Crippen LogP contribution in [0.25, 0.3) is 22.1 Å². The summed E-state index contributed by atoms with van der Waals surface area (Å²) >= 11 is 0. The van der Waals surface area contributed by atoms with Gasteiger partial charge in [-0.05, 0) is 30.3 Å².